The zero-order valence-electron chi connectivity index (χ0n) is 15.2. The maximum Gasteiger partial charge on any atom is 0.266 e. The third kappa shape index (κ3) is 3.55. The Hall–Kier alpha value is -1.73. The van der Waals surface area contributed by atoms with Gasteiger partial charge < -0.3 is 14.2 Å². The highest BCUT2D eigenvalue weighted by Gasteiger charge is 2.37. The van der Waals surface area contributed by atoms with Crippen LogP contribution in [-0.4, -0.2) is 42.5 Å². The number of hydrogen-bond acceptors (Lipinski definition) is 6. The molecule has 0 N–H and O–H groups in total. The molecule has 1 amide bonds. The van der Waals surface area contributed by atoms with Crippen molar-refractivity contribution in [3.05, 3.63) is 22.6 Å². The van der Waals surface area contributed by atoms with Crippen molar-refractivity contribution < 1.29 is 19.0 Å². The third-order valence-electron chi connectivity index (χ3n) is 4.78. The monoisotopic (exact) mass is 393 g/mol. The second-order valence-electron chi connectivity index (χ2n) is 6.27. The third-order valence-corrected chi connectivity index (χ3v) is 6.12. The molecule has 1 aliphatic heterocycles. The van der Waals surface area contributed by atoms with Crippen molar-refractivity contribution in [3.63, 3.8) is 0 Å². The molecule has 7 heteroatoms. The van der Waals surface area contributed by atoms with E-state index in [4.69, 9.17) is 26.4 Å². The number of methoxy groups -OCH3 is 3. The number of hydrogen-bond donors (Lipinski definition) is 0. The predicted octanol–water partition coefficient (Wildman–Crippen LogP) is 4.25. The molecule has 5 nitrogen and oxygen atoms in total. The van der Waals surface area contributed by atoms with Crippen molar-refractivity contribution in [3.8, 4) is 17.2 Å². The van der Waals surface area contributed by atoms with Gasteiger partial charge in [0, 0.05) is 11.6 Å². The number of amides is 1. The highest BCUT2D eigenvalue weighted by molar-refractivity contribution is 8.26. The fraction of sp³-hybridized carbons (Fsp3) is 0.474. The summed E-state index contributed by atoms with van der Waals surface area (Å²) in [7, 11) is 4.71. The van der Waals surface area contributed by atoms with Gasteiger partial charge in [0.25, 0.3) is 5.91 Å². The van der Waals surface area contributed by atoms with E-state index in [1.807, 2.05) is 12.1 Å². The number of thiocarbonyl (C=S) groups is 1. The lowest BCUT2D eigenvalue weighted by molar-refractivity contribution is -0.124. The molecule has 1 aliphatic carbocycles. The van der Waals surface area contributed by atoms with Crippen molar-refractivity contribution >= 4 is 40.3 Å². The van der Waals surface area contributed by atoms with Crippen molar-refractivity contribution in [2.24, 2.45) is 0 Å². The van der Waals surface area contributed by atoms with Crippen molar-refractivity contribution in [1.29, 1.82) is 0 Å². The van der Waals surface area contributed by atoms with Crippen LogP contribution in [0.25, 0.3) is 6.08 Å². The SMILES string of the molecule is COc1ccc(/C=C2/SC(=S)N(C3CCCCC3)C2=O)c(OC)c1OC. The quantitative estimate of drug-likeness (QED) is 0.551. The second-order valence-corrected chi connectivity index (χ2v) is 7.94. The molecule has 1 saturated carbocycles. The summed E-state index contributed by atoms with van der Waals surface area (Å²) in [5, 5.41) is 0. The van der Waals surface area contributed by atoms with Gasteiger partial charge in [0.1, 0.15) is 4.32 Å². The van der Waals surface area contributed by atoms with Crippen LogP contribution in [0, 0.1) is 0 Å². The minimum absolute atomic E-state index is 0.0104. The summed E-state index contributed by atoms with van der Waals surface area (Å²) < 4.78 is 16.9. The Balaban J connectivity index is 1.93. The summed E-state index contributed by atoms with van der Waals surface area (Å²) in [5.41, 5.74) is 0.759. The Morgan fingerprint density at radius 2 is 1.77 bits per heavy atom. The average molecular weight is 394 g/mol. The summed E-state index contributed by atoms with van der Waals surface area (Å²) in [4.78, 5) is 15.4. The average Bonchev–Trinajstić information content (AvgIpc) is 2.95. The van der Waals surface area contributed by atoms with E-state index in [2.05, 4.69) is 0 Å². The van der Waals surface area contributed by atoms with Gasteiger partial charge in [-0.05, 0) is 31.1 Å². The first-order valence-corrected chi connectivity index (χ1v) is 9.89. The number of thioether (sulfide) groups is 1. The van der Waals surface area contributed by atoms with Crippen molar-refractivity contribution in [2.45, 2.75) is 38.1 Å². The molecule has 0 spiro atoms. The smallest absolute Gasteiger partial charge is 0.266 e. The molecule has 2 aliphatic rings. The van der Waals surface area contributed by atoms with E-state index >= 15 is 0 Å². The number of rotatable bonds is 5. The van der Waals surface area contributed by atoms with E-state index < -0.39 is 0 Å². The Bertz CT molecular complexity index is 741. The fourth-order valence-electron chi connectivity index (χ4n) is 3.51. The maximum atomic E-state index is 12.9. The summed E-state index contributed by atoms with van der Waals surface area (Å²) in [5.74, 6) is 1.61. The molecule has 1 aromatic rings. The van der Waals surface area contributed by atoms with Gasteiger partial charge in [0.15, 0.2) is 11.5 Å². The van der Waals surface area contributed by atoms with Crippen LogP contribution in [0.4, 0.5) is 0 Å². The largest absolute Gasteiger partial charge is 0.493 e. The van der Waals surface area contributed by atoms with Gasteiger partial charge in [-0.3, -0.25) is 9.69 Å². The molecule has 0 bridgehead atoms. The topological polar surface area (TPSA) is 48.0 Å². The Morgan fingerprint density at radius 3 is 2.38 bits per heavy atom. The molecule has 0 aromatic heterocycles. The summed E-state index contributed by atoms with van der Waals surface area (Å²) in [6, 6.07) is 3.89. The first kappa shape index (κ1) is 19.0. The number of carbonyl (C=O) groups is 1. The standard InChI is InChI=1S/C19H23NO4S2/c1-22-14-10-9-12(16(23-2)17(14)24-3)11-15-18(21)20(19(25)26-15)13-7-5-4-6-8-13/h9-11,13H,4-8H2,1-3H3/b15-11+. The van der Waals surface area contributed by atoms with E-state index in [0.29, 0.717) is 26.5 Å². The molecule has 26 heavy (non-hydrogen) atoms. The van der Waals surface area contributed by atoms with Gasteiger partial charge in [-0.25, -0.2) is 0 Å². The molecule has 1 heterocycles. The highest BCUT2D eigenvalue weighted by Crippen LogP contribution is 2.43. The molecular formula is C19H23NO4S2. The van der Waals surface area contributed by atoms with Crippen LogP contribution in [0.5, 0.6) is 17.2 Å². The normalized spacial score (nSPS) is 20.0. The van der Waals surface area contributed by atoms with Gasteiger partial charge in [0.2, 0.25) is 5.75 Å². The number of ether oxygens (including phenoxy) is 3. The van der Waals surface area contributed by atoms with Gasteiger partial charge in [-0.2, -0.15) is 0 Å². The van der Waals surface area contributed by atoms with E-state index in [9.17, 15) is 4.79 Å². The van der Waals surface area contributed by atoms with E-state index in [0.717, 1.165) is 31.2 Å². The van der Waals surface area contributed by atoms with E-state index in [-0.39, 0.29) is 11.9 Å². The number of nitrogens with zero attached hydrogens (tertiary/aromatic N) is 1. The Kier molecular flexibility index (Phi) is 6.09. The molecule has 1 aromatic carbocycles. The molecule has 1 saturated heterocycles. The summed E-state index contributed by atoms with van der Waals surface area (Å²) in [6.07, 6.45) is 7.43. The number of benzene rings is 1. The van der Waals surface area contributed by atoms with Gasteiger partial charge in [-0.1, -0.05) is 43.2 Å². The Labute approximate surface area is 163 Å². The van der Waals surface area contributed by atoms with Crippen LogP contribution in [0.1, 0.15) is 37.7 Å². The lowest BCUT2D eigenvalue weighted by Gasteiger charge is -2.29. The predicted molar refractivity (Wildman–Crippen MR) is 108 cm³/mol. The zero-order chi connectivity index (χ0) is 18.7. The first-order valence-electron chi connectivity index (χ1n) is 8.66. The summed E-state index contributed by atoms with van der Waals surface area (Å²) >= 11 is 6.85. The zero-order valence-corrected chi connectivity index (χ0v) is 16.9. The minimum Gasteiger partial charge on any atom is -0.493 e. The molecule has 3 rings (SSSR count). The van der Waals surface area contributed by atoms with Gasteiger partial charge >= 0.3 is 0 Å². The van der Waals surface area contributed by atoms with Crippen LogP contribution in [-0.2, 0) is 4.79 Å². The van der Waals surface area contributed by atoms with Crippen LogP contribution in [0.2, 0.25) is 0 Å². The van der Waals surface area contributed by atoms with Crippen LogP contribution in [0.3, 0.4) is 0 Å². The first-order chi connectivity index (χ1) is 12.6. The van der Waals surface area contributed by atoms with Gasteiger partial charge in [0.05, 0.1) is 26.2 Å². The maximum absolute atomic E-state index is 12.9. The van der Waals surface area contributed by atoms with Gasteiger partial charge in [-0.15, -0.1) is 0 Å². The molecule has 2 fully saturated rings. The van der Waals surface area contributed by atoms with E-state index in [1.165, 1.54) is 18.2 Å². The van der Waals surface area contributed by atoms with E-state index in [1.54, 1.807) is 32.3 Å². The number of carbonyl (C=O) groups excluding carboxylic acids is 1. The molecule has 0 atom stereocenters. The Morgan fingerprint density at radius 1 is 1.08 bits per heavy atom. The lowest BCUT2D eigenvalue weighted by atomic mass is 9.94. The summed E-state index contributed by atoms with van der Waals surface area (Å²) in [6.45, 7) is 0. The molecule has 140 valence electrons. The lowest BCUT2D eigenvalue weighted by Crippen LogP contribution is -2.39. The molecular weight excluding hydrogens is 370 g/mol. The molecule has 0 radical (unpaired) electrons. The van der Waals surface area contributed by atoms with Crippen molar-refractivity contribution in [2.75, 3.05) is 21.3 Å². The minimum atomic E-state index is -0.0104. The fourth-order valence-corrected chi connectivity index (χ4v) is 4.90. The van der Waals surface area contributed by atoms with Crippen LogP contribution in [0.15, 0.2) is 17.0 Å². The highest BCUT2D eigenvalue weighted by atomic mass is 32.2. The van der Waals surface area contributed by atoms with Crippen LogP contribution >= 0.6 is 24.0 Å². The second kappa shape index (κ2) is 8.31. The molecule has 0 unspecified atom stereocenters. The van der Waals surface area contributed by atoms with Crippen molar-refractivity contribution in [1.82, 2.24) is 4.90 Å². The van der Waals surface area contributed by atoms with Crippen LogP contribution < -0.4 is 14.2 Å².